The summed E-state index contributed by atoms with van der Waals surface area (Å²) in [5.41, 5.74) is 1.48. The molecule has 0 radical (unpaired) electrons. The van der Waals surface area contributed by atoms with E-state index < -0.39 is 36.3 Å². The quantitative estimate of drug-likeness (QED) is 0.255. The van der Waals surface area contributed by atoms with Crippen LogP contribution in [0.2, 0.25) is 0 Å². The van der Waals surface area contributed by atoms with E-state index in [1.165, 1.54) is 24.2 Å². The van der Waals surface area contributed by atoms with Gasteiger partial charge in [-0.2, -0.15) is 0 Å². The number of thioether (sulfide) groups is 1. The molecule has 45 heavy (non-hydrogen) atoms. The second-order valence-corrected chi connectivity index (χ2v) is 14.1. The second kappa shape index (κ2) is 17.6. The molecule has 11 heteroatoms. The highest BCUT2D eigenvalue weighted by molar-refractivity contribution is 7.99. The number of rotatable bonds is 15. The minimum absolute atomic E-state index is 0.171. The van der Waals surface area contributed by atoms with Crippen LogP contribution in [0, 0.1) is 11.8 Å². The fourth-order valence-electron chi connectivity index (χ4n) is 6.23. The fraction of sp³-hybridized carbons (Fsp3) is 0.647. The number of hydrogen-bond acceptors (Lipinski definition) is 7. The molecule has 1 aliphatic heterocycles. The zero-order chi connectivity index (χ0) is 32.2. The van der Waals surface area contributed by atoms with Gasteiger partial charge in [0.1, 0.15) is 6.04 Å². The second-order valence-electron chi connectivity index (χ2n) is 13.0. The smallest absolute Gasteiger partial charge is 0.411 e. The minimum atomic E-state index is -1.11. The van der Waals surface area contributed by atoms with Crippen molar-refractivity contribution in [3.63, 3.8) is 0 Å². The average Bonchev–Trinajstić information content (AvgIpc) is 3.77. The molecule has 2 aromatic rings. The summed E-state index contributed by atoms with van der Waals surface area (Å²) in [4.78, 5) is 51.6. The Balaban J connectivity index is 1.55. The molecule has 4 atom stereocenters. The number of aliphatic hydroxyl groups excluding tert-OH is 1. The Kier molecular flexibility index (Phi) is 13.6. The van der Waals surface area contributed by atoms with Gasteiger partial charge >= 0.3 is 6.09 Å². The normalized spacial score (nSPS) is 18.3. The van der Waals surface area contributed by atoms with E-state index in [1.807, 2.05) is 30.3 Å². The number of carbonyl (C=O) groups excluding carboxylic acids is 3. The summed E-state index contributed by atoms with van der Waals surface area (Å²) >= 11 is 1.64. The van der Waals surface area contributed by atoms with Crippen molar-refractivity contribution in [1.29, 1.82) is 0 Å². The van der Waals surface area contributed by atoms with E-state index in [-0.39, 0.29) is 18.7 Å². The van der Waals surface area contributed by atoms with E-state index in [9.17, 15) is 19.5 Å². The number of imidazole rings is 1. The summed E-state index contributed by atoms with van der Waals surface area (Å²) in [5, 5.41) is 14.5. The number of H-pyrrole nitrogens is 1. The molecule has 1 aromatic heterocycles. The van der Waals surface area contributed by atoms with Crippen LogP contribution in [0.3, 0.4) is 0 Å². The number of carbonyl (C=O) groups is 3. The van der Waals surface area contributed by atoms with Crippen molar-refractivity contribution in [2.24, 2.45) is 11.8 Å². The van der Waals surface area contributed by atoms with E-state index in [2.05, 4.69) is 29.1 Å². The van der Waals surface area contributed by atoms with E-state index >= 15 is 0 Å². The van der Waals surface area contributed by atoms with Crippen molar-refractivity contribution in [2.75, 3.05) is 25.2 Å². The maximum absolute atomic E-state index is 14.2. The Hall–Kier alpha value is -3.05. The van der Waals surface area contributed by atoms with Crippen molar-refractivity contribution < 1.29 is 24.2 Å². The molecular weight excluding hydrogens is 590 g/mol. The first-order valence-electron chi connectivity index (χ1n) is 16.5. The Morgan fingerprint density at radius 2 is 1.89 bits per heavy atom. The molecule has 1 saturated carbocycles. The lowest BCUT2D eigenvalue weighted by atomic mass is 9.83. The molecule has 1 aromatic carbocycles. The van der Waals surface area contributed by atoms with Gasteiger partial charge in [0, 0.05) is 38.4 Å². The predicted octanol–water partition coefficient (Wildman–Crippen LogP) is 4.79. The van der Waals surface area contributed by atoms with Gasteiger partial charge in [-0.05, 0) is 36.7 Å². The number of ether oxygens (including phenoxy) is 1. The van der Waals surface area contributed by atoms with Crippen LogP contribution in [-0.4, -0.2) is 92.3 Å². The number of likely N-dealkylation sites (N-methyl/N-ethyl adjacent to an activating group) is 1. The zero-order valence-electron chi connectivity index (χ0n) is 27.0. The maximum Gasteiger partial charge on any atom is 0.411 e. The van der Waals surface area contributed by atoms with Crippen LogP contribution in [0.25, 0.3) is 0 Å². The predicted molar refractivity (Wildman–Crippen MR) is 176 cm³/mol. The summed E-state index contributed by atoms with van der Waals surface area (Å²) in [5.74, 6) is 1.42. The lowest BCUT2D eigenvalue weighted by molar-refractivity contribution is -0.146. The lowest BCUT2D eigenvalue weighted by Gasteiger charge is -2.34. The summed E-state index contributed by atoms with van der Waals surface area (Å²) in [7, 11) is 1.59. The third-order valence-corrected chi connectivity index (χ3v) is 9.98. The van der Waals surface area contributed by atoms with Crippen LogP contribution in [0.1, 0.15) is 76.5 Å². The van der Waals surface area contributed by atoms with Crippen LogP contribution in [-0.2, 0) is 27.2 Å². The monoisotopic (exact) mass is 641 g/mol. The van der Waals surface area contributed by atoms with E-state index in [0.29, 0.717) is 42.8 Å². The molecule has 2 heterocycles. The van der Waals surface area contributed by atoms with E-state index in [0.717, 1.165) is 30.6 Å². The first-order valence-corrected chi connectivity index (χ1v) is 17.7. The highest BCUT2D eigenvalue weighted by atomic mass is 32.2. The number of amides is 3. The van der Waals surface area contributed by atoms with E-state index in [1.54, 1.807) is 36.2 Å². The summed E-state index contributed by atoms with van der Waals surface area (Å²) in [6.07, 6.45) is 9.21. The Morgan fingerprint density at radius 3 is 2.53 bits per heavy atom. The molecule has 0 spiro atoms. The molecule has 2 fully saturated rings. The number of aromatic nitrogens is 2. The van der Waals surface area contributed by atoms with Crippen LogP contribution in [0.5, 0.6) is 0 Å². The Labute approximate surface area is 272 Å². The van der Waals surface area contributed by atoms with Crippen LogP contribution < -0.4 is 5.32 Å². The molecule has 3 N–H and O–H groups in total. The molecule has 10 nitrogen and oxygen atoms in total. The van der Waals surface area contributed by atoms with Crippen molar-refractivity contribution in [3.8, 4) is 0 Å². The molecule has 3 amide bonds. The largest absolute Gasteiger partial charge is 0.436 e. The van der Waals surface area contributed by atoms with Gasteiger partial charge in [-0.15, -0.1) is 11.8 Å². The molecule has 1 saturated heterocycles. The van der Waals surface area contributed by atoms with Crippen LogP contribution in [0.4, 0.5) is 4.79 Å². The topological polar surface area (TPSA) is 128 Å². The van der Waals surface area contributed by atoms with E-state index in [4.69, 9.17) is 4.74 Å². The van der Waals surface area contributed by atoms with Gasteiger partial charge in [0.25, 0.3) is 5.91 Å². The highest BCUT2D eigenvalue weighted by Crippen LogP contribution is 2.29. The Bertz CT molecular complexity index is 1180. The number of aromatic amines is 1. The minimum Gasteiger partial charge on any atom is -0.436 e. The number of aliphatic hydroxyl groups is 1. The fourth-order valence-corrected chi connectivity index (χ4v) is 7.16. The third kappa shape index (κ3) is 10.8. The van der Waals surface area contributed by atoms with Gasteiger partial charge in [-0.3, -0.25) is 14.5 Å². The highest BCUT2D eigenvalue weighted by Gasteiger charge is 2.37. The van der Waals surface area contributed by atoms with Crippen molar-refractivity contribution in [1.82, 2.24) is 25.1 Å². The molecule has 4 rings (SSSR count). The van der Waals surface area contributed by atoms with Crippen LogP contribution in [0.15, 0.2) is 42.9 Å². The third-order valence-electron chi connectivity index (χ3n) is 9.01. The maximum atomic E-state index is 14.2. The van der Waals surface area contributed by atoms with Crippen molar-refractivity contribution >= 4 is 29.7 Å². The molecule has 3 unspecified atom stereocenters. The zero-order valence-corrected chi connectivity index (χ0v) is 27.8. The number of nitrogens with zero attached hydrogens (tertiary/aromatic N) is 3. The number of hydrogen-bond donors (Lipinski definition) is 3. The van der Waals surface area contributed by atoms with Gasteiger partial charge < -0.3 is 25.0 Å². The Morgan fingerprint density at radius 1 is 1.13 bits per heavy atom. The van der Waals surface area contributed by atoms with Crippen molar-refractivity contribution in [2.45, 2.75) is 102 Å². The average molecular weight is 642 g/mol. The first-order chi connectivity index (χ1) is 21.7. The molecular formula is C34H51N5O5S. The summed E-state index contributed by atoms with van der Waals surface area (Å²) in [6.45, 7) is 4.82. The van der Waals surface area contributed by atoms with Gasteiger partial charge in [-0.1, -0.05) is 76.3 Å². The lowest BCUT2D eigenvalue weighted by Crippen LogP contribution is -2.56. The van der Waals surface area contributed by atoms with Gasteiger partial charge in [0.2, 0.25) is 5.91 Å². The molecule has 1 aliphatic carbocycles. The standard InChI is InChI=1S/C34H51N5O5S/c1-24(2)14-15-30(40)28(18-25-10-6-4-7-11-25)37-32(41)29(20-27-21-35-22-36-27)38(3)33(42)31(19-26-12-8-5-9-13-26)44-34(43)39-16-17-45-23-39/h5,8-9,12-13,21-22,24-25,28-31,40H,4,6-7,10-11,14-20,23H2,1-3H3,(H,35,36)(H,37,41)/t28?,29-,30?,31?/m0/s1. The first kappa shape index (κ1) is 34.8. The van der Waals surface area contributed by atoms with Crippen LogP contribution >= 0.6 is 11.8 Å². The van der Waals surface area contributed by atoms with Crippen molar-refractivity contribution in [3.05, 3.63) is 54.1 Å². The molecule has 0 bridgehead atoms. The molecule has 248 valence electrons. The molecule has 2 aliphatic rings. The van der Waals surface area contributed by atoms with Gasteiger partial charge in [0.15, 0.2) is 6.10 Å². The number of benzene rings is 1. The van der Waals surface area contributed by atoms with Gasteiger partial charge in [0.05, 0.1) is 30.0 Å². The SMILES string of the molecule is CC(C)CCC(O)C(CC1CCCCC1)NC(=O)[C@H](Cc1c[nH]cn1)N(C)C(=O)C(Cc1ccccc1)OC(=O)N1CCSC1. The summed E-state index contributed by atoms with van der Waals surface area (Å²) in [6, 6.07) is 8.09. The number of nitrogens with one attached hydrogen (secondary N) is 2. The summed E-state index contributed by atoms with van der Waals surface area (Å²) < 4.78 is 5.85. The van der Waals surface area contributed by atoms with Gasteiger partial charge in [-0.25, -0.2) is 9.78 Å².